The lowest BCUT2D eigenvalue weighted by atomic mass is 10.1. The molecule has 1 aliphatic carbocycles. The maximum atomic E-state index is 13.0. The standard InChI is InChI=1S/C15H14F3N3O2S/c16-15(17,18)14-9-13(10-3-1-2-4-10)21(20-14)11-5-7-12(8-6-11)24(19,22)23/h3,5-9H,1-2,4H2,(H2,19,22,23). The van der Waals surface area contributed by atoms with Gasteiger partial charge in [-0.3, -0.25) is 0 Å². The molecular weight excluding hydrogens is 343 g/mol. The molecule has 1 aliphatic rings. The van der Waals surface area contributed by atoms with Crippen LogP contribution in [0.2, 0.25) is 0 Å². The zero-order valence-corrected chi connectivity index (χ0v) is 13.2. The number of nitrogens with zero attached hydrogens (tertiary/aromatic N) is 2. The number of hydrogen-bond donors (Lipinski definition) is 1. The van der Waals surface area contributed by atoms with Crippen molar-refractivity contribution in [2.24, 2.45) is 5.14 Å². The second-order valence-corrected chi connectivity index (χ2v) is 7.05. The van der Waals surface area contributed by atoms with Crippen LogP contribution in [0.1, 0.15) is 30.7 Å². The minimum Gasteiger partial charge on any atom is -0.233 e. The minimum absolute atomic E-state index is 0.115. The van der Waals surface area contributed by atoms with Crippen LogP contribution in [-0.4, -0.2) is 18.2 Å². The predicted octanol–water partition coefficient (Wildman–Crippen LogP) is 3.11. The summed E-state index contributed by atoms with van der Waals surface area (Å²) in [5.74, 6) is 0. The highest BCUT2D eigenvalue weighted by Crippen LogP contribution is 2.35. The van der Waals surface area contributed by atoms with Crippen LogP contribution in [0.15, 0.2) is 41.3 Å². The second-order valence-electron chi connectivity index (χ2n) is 5.48. The first-order valence-electron chi connectivity index (χ1n) is 7.16. The van der Waals surface area contributed by atoms with Gasteiger partial charge in [-0.1, -0.05) is 6.08 Å². The van der Waals surface area contributed by atoms with E-state index in [2.05, 4.69) is 5.10 Å². The van der Waals surface area contributed by atoms with Gasteiger partial charge in [0.2, 0.25) is 10.0 Å². The van der Waals surface area contributed by atoms with Crippen molar-refractivity contribution in [1.82, 2.24) is 9.78 Å². The number of primary sulfonamides is 1. The van der Waals surface area contributed by atoms with Crippen LogP contribution in [0.25, 0.3) is 11.3 Å². The third-order valence-electron chi connectivity index (χ3n) is 3.78. The van der Waals surface area contributed by atoms with E-state index in [0.29, 0.717) is 17.8 Å². The van der Waals surface area contributed by atoms with Gasteiger partial charge >= 0.3 is 6.18 Å². The van der Waals surface area contributed by atoms with Gasteiger partial charge in [0.25, 0.3) is 0 Å². The van der Waals surface area contributed by atoms with E-state index in [-0.39, 0.29) is 4.90 Å². The quantitative estimate of drug-likeness (QED) is 0.917. The number of sulfonamides is 1. The van der Waals surface area contributed by atoms with E-state index >= 15 is 0 Å². The Labute approximate surface area is 136 Å². The lowest BCUT2D eigenvalue weighted by Crippen LogP contribution is -2.12. The summed E-state index contributed by atoms with van der Waals surface area (Å²) in [5, 5.41) is 8.69. The summed E-state index contributed by atoms with van der Waals surface area (Å²) in [6.45, 7) is 0. The van der Waals surface area contributed by atoms with Crippen LogP contribution >= 0.6 is 0 Å². The molecule has 9 heteroatoms. The number of benzene rings is 1. The van der Waals surface area contributed by atoms with Gasteiger partial charge in [0, 0.05) is 0 Å². The van der Waals surface area contributed by atoms with E-state index in [1.807, 2.05) is 6.08 Å². The minimum atomic E-state index is -4.56. The Hall–Kier alpha value is -2.13. The molecule has 3 rings (SSSR count). The molecule has 2 N–H and O–H groups in total. The van der Waals surface area contributed by atoms with Gasteiger partial charge in [0.05, 0.1) is 16.3 Å². The smallest absolute Gasteiger partial charge is 0.233 e. The Bertz CT molecular complexity index is 897. The molecule has 0 amide bonds. The first-order chi connectivity index (χ1) is 11.2. The maximum absolute atomic E-state index is 13.0. The summed E-state index contributed by atoms with van der Waals surface area (Å²) >= 11 is 0. The van der Waals surface area contributed by atoms with E-state index in [1.54, 1.807) is 0 Å². The maximum Gasteiger partial charge on any atom is 0.435 e. The fourth-order valence-corrected chi connectivity index (χ4v) is 3.14. The van der Waals surface area contributed by atoms with Crippen LogP contribution in [0.5, 0.6) is 0 Å². The molecule has 0 unspecified atom stereocenters. The molecular formula is C15H14F3N3O2S. The van der Waals surface area contributed by atoms with Crippen molar-refractivity contribution in [3.05, 3.63) is 47.8 Å². The van der Waals surface area contributed by atoms with Crippen molar-refractivity contribution >= 4 is 15.6 Å². The number of hydrogen-bond acceptors (Lipinski definition) is 3. The highest BCUT2D eigenvalue weighted by molar-refractivity contribution is 7.89. The second kappa shape index (κ2) is 5.75. The topological polar surface area (TPSA) is 78.0 Å². The normalized spacial score (nSPS) is 15.6. The van der Waals surface area contributed by atoms with E-state index < -0.39 is 21.9 Å². The summed E-state index contributed by atoms with van der Waals surface area (Å²) < 4.78 is 62.8. The van der Waals surface area contributed by atoms with Crippen molar-refractivity contribution < 1.29 is 21.6 Å². The monoisotopic (exact) mass is 357 g/mol. The van der Waals surface area contributed by atoms with E-state index in [9.17, 15) is 21.6 Å². The summed E-state index contributed by atoms with van der Waals surface area (Å²) in [5.41, 5.74) is 0.512. The summed E-state index contributed by atoms with van der Waals surface area (Å²) in [6, 6.07) is 6.27. The lowest BCUT2D eigenvalue weighted by Gasteiger charge is -2.09. The number of alkyl halides is 3. The van der Waals surface area contributed by atoms with Gasteiger partial charge in [-0.15, -0.1) is 0 Å². The highest BCUT2D eigenvalue weighted by Gasteiger charge is 2.35. The van der Waals surface area contributed by atoms with Crippen LogP contribution in [-0.2, 0) is 16.2 Å². The van der Waals surface area contributed by atoms with Gasteiger partial charge < -0.3 is 0 Å². The fourth-order valence-electron chi connectivity index (χ4n) is 2.63. The Morgan fingerprint density at radius 2 is 1.83 bits per heavy atom. The number of aromatic nitrogens is 2. The summed E-state index contributed by atoms with van der Waals surface area (Å²) in [6.07, 6.45) is -0.289. The molecule has 0 aliphatic heterocycles. The molecule has 0 saturated carbocycles. The van der Waals surface area contributed by atoms with Gasteiger partial charge in [0.1, 0.15) is 0 Å². The number of rotatable bonds is 3. The van der Waals surface area contributed by atoms with E-state index in [1.165, 1.54) is 28.9 Å². The lowest BCUT2D eigenvalue weighted by molar-refractivity contribution is -0.141. The third-order valence-corrected chi connectivity index (χ3v) is 4.71. The van der Waals surface area contributed by atoms with Crippen molar-refractivity contribution in [1.29, 1.82) is 0 Å². The Kier molecular flexibility index (Phi) is 4.00. The Morgan fingerprint density at radius 3 is 2.33 bits per heavy atom. The van der Waals surface area contributed by atoms with Gasteiger partial charge in [-0.2, -0.15) is 18.3 Å². The van der Waals surface area contributed by atoms with Crippen LogP contribution in [0.3, 0.4) is 0 Å². The largest absolute Gasteiger partial charge is 0.435 e. The molecule has 2 aromatic rings. The first-order valence-corrected chi connectivity index (χ1v) is 8.71. The SMILES string of the molecule is NS(=O)(=O)c1ccc(-n2nc(C(F)(F)F)cc2C2=CCCC2)cc1. The van der Waals surface area contributed by atoms with Crippen molar-refractivity contribution in [3.8, 4) is 5.69 Å². The van der Waals surface area contributed by atoms with Gasteiger partial charge in [0.15, 0.2) is 5.69 Å². The molecule has 5 nitrogen and oxygen atoms in total. The van der Waals surface area contributed by atoms with Crippen LogP contribution in [0, 0.1) is 0 Å². The van der Waals surface area contributed by atoms with Crippen LogP contribution in [0.4, 0.5) is 13.2 Å². The van der Waals surface area contributed by atoms with Crippen molar-refractivity contribution in [3.63, 3.8) is 0 Å². The Morgan fingerprint density at radius 1 is 1.17 bits per heavy atom. The molecule has 0 bridgehead atoms. The average Bonchev–Trinajstić information content (AvgIpc) is 3.15. The average molecular weight is 357 g/mol. The summed E-state index contributed by atoms with van der Waals surface area (Å²) in [4.78, 5) is -0.115. The molecule has 0 fully saturated rings. The zero-order valence-electron chi connectivity index (χ0n) is 12.4. The molecule has 0 spiro atoms. The number of halogens is 3. The third kappa shape index (κ3) is 3.22. The molecule has 1 aromatic carbocycles. The molecule has 24 heavy (non-hydrogen) atoms. The molecule has 1 heterocycles. The molecule has 0 saturated heterocycles. The first kappa shape index (κ1) is 16.7. The van der Waals surface area contributed by atoms with E-state index in [0.717, 1.165) is 24.5 Å². The number of nitrogens with two attached hydrogens (primary N) is 1. The summed E-state index contributed by atoms with van der Waals surface area (Å²) in [7, 11) is -3.87. The zero-order chi connectivity index (χ0) is 17.5. The predicted molar refractivity (Wildman–Crippen MR) is 81.8 cm³/mol. The molecule has 0 radical (unpaired) electrons. The fraction of sp³-hybridized carbons (Fsp3) is 0.267. The molecule has 128 valence electrons. The van der Waals surface area contributed by atoms with Crippen molar-refractivity contribution in [2.45, 2.75) is 30.3 Å². The highest BCUT2D eigenvalue weighted by atomic mass is 32.2. The molecule has 1 aromatic heterocycles. The number of allylic oxidation sites excluding steroid dienone is 2. The van der Waals surface area contributed by atoms with Crippen LogP contribution < -0.4 is 5.14 Å². The molecule has 0 atom stereocenters. The van der Waals surface area contributed by atoms with E-state index in [4.69, 9.17) is 5.14 Å². The Balaban J connectivity index is 2.10. The van der Waals surface area contributed by atoms with Crippen molar-refractivity contribution in [2.75, 3.05) is 0 Å². The van der Waals surface area contributed by atoms with Gasteiger partial charge in [-0.25, -0.2) is 18.2 Å². The van der Waals surface area contributed by atoms with Gasteiger partial charge in [-0.05, 0) is 55.2 Å².